The number of benzene rings is 3. The third-order valence-electron chi connectivity index (χ3n) is 8.12. The molecule has 0 radical (unpaired) electrons. The molecule has 0 bridgehead atoms. The molecule has 0 aliphatic carbocycles. The molecule has 42 heavy (non-hydrogen) atoms. The Hall–Kier alpha value is -4.24. The average Bonchev–Trinajstić information content (AvgIpc) is 3.46. The fraction of sp³-hybridized carbons (Fsp3) is 0.333. The summed E-state index contributed by atoms with van der Waals surface area (Å²) in [5, 5.41) is 17.0. The van der Waals surface area contributed by atoms with Gasteiger partial charge in [0.1, 0.15) is 23.1 Å². The van der Waals surface area contributed by atoms with E-state index in [4.69, 9.17) is 9.47 Å². The number of carboxylic acids is 1. The normalized spacial score (nSPS) is 13.7. The van der Waals surface area contributed by atoms with Crippen LogP contribution in [0.15, 0.2) is 48.5 Å². The Morgan fingerprint density at radius 2 is 1.81 bits per heavy atom. The van der Waals surface area contributed by atoms with Gasteiger partial charge in [-0.15, -0.1) is 0 Å². The van der Waals surface area contributed by atoms with Crippen LogP contribution in [0.5, 0.6) is 5.75 Å². The first-order chi connectivity index (χ1) is 20.4. The van der Waals surface area contributed by atoms with Gasteiger partial charge in [0.25, 0.3) is 0 Å². The number of carbonyl (C=O) groups is 1. The molecule has 0 atom stereocenters. The predicted octanol–water partition coefficient (Wildman–Crippen LogP) is 7.06. The SMILES string of the molecule is CCc1c2c(nn1C)COCCCCn1c(C(=O)O)c(CCCOc3ccc(F)c4ccccc34)c3ccc(F)c-2c31. The van der Waals surface area contributed by atoms with Crippen molar-refractivity contribution in [1.82, 2.24) is 14.3 Å². The van der Waals surface area contributed by atoms with Gasteiger partial charge in [-0.2, -0.15) is 5.10 Å². The van der Waals surface area contributed by atoms with Crippen LogP contribution in [0.2, 0.25) is 0 Å². The lowest BCUT2D eigenvalue weighted by atomic mass is 9.96. The standard InChI is InChI=1S/C33H33F2N3O4/c1-3-27-30-26(36-37(27)2)19-41-17-7-6-16-38-31-23(12-13-25(35)29(30)31)22(32(38)33(39)40)11-8-18-42-28-15-14-24(34)20-9-4-5-10-21(20)28/h4-5,9-10,12-15H,3,6-8,11,16-19H2,1-2H3,(H,39,40). The lowest BCUT2D eigenvalue weighted by molar-refractivity contribution is 0.0683. The highest BCUT2D eigenvalue weighted by Crippen LogP contribution is 2.41. The van der Waals surface area contributed by atoms with Gasteiger partial charge in [0.15, 0.2) is 0 Å². The topological polar surface area (TPSA) is 78.5 Å². The number of halogens is 2. The van der Waals surface area contributed by atoms with E-state index in [2.05, 4.69) is 5.10 Å². The number of fused-ring (bicyclic) bond motifs is 3. The average molecular weight is 574 g/mol. The molecule has 1 N–H and O–H groups in total. The molecule has 5 aromatic rings. The first-order valence-electron chi connectivity index (χ1n) is 14.4. The molecule has 0 saturated heterocycles. The van der Waals surface area contributed by atoms with Gasteiger partial charge in [0.2, 0.25) is 0 Å². The maximum absolute atomic E-state index is 15.9. The molecule has 218 valence electrons. The summed E-state index contributed by atoms with van der Waals surface area (Å²) in [6.07, 6.45) is 2.99. The van der Waals surface area contributed by atoms with E-state index in [1.807, 2.05) is 26.1 Å². The number of hydrogen-bond acceptors (Lipinski definition) is 4. The fourth-order valence-electron chi connectivity index (χ4n) is 6.30. The van der Waals surface area contributed by atoms with Gasteiger partial charge in [-0.05, 0) is 61.9 Å². The van der Waals surface area contributed by atoms with Crippen molar-refractivity contribution in [3.8, 4) is 16.9 Å². The zero-order chi connectivity index (χ0) is 29.4. The highest BCUT2D eigenvalue weighted by Gasteiger charge is 2.29. The molecule has 6 rings (SSSR count). The van der Waals surface area contributed by atoms with Crippen molar-refractivity contribution in [3.63, 3.8) is 0 Å². The maximum atomic E-state index is 15.9. The number of carboxylic acid groups (broad SMARTS) is 1. The largest absolute Gasteiger partial charge is 0.493 e. The quantitative estimate of drug-likeness (QED) is 0.211. The van der Waals surface area contributed by atoms with E-state index >= 15 is 4.39 Å². The monoisotopic (exact) mass is 573 g/mol. The van der Waals surface area contributed by atoms with Gasteiger partial charge in [0, 0.05) is 53.2 Å². The van der Waals surface area contributed by atoms with Gasteiger partial charge in [-0.3, -0.25) is 4.68 Å². The minimum Gasteiger partial charge on any atom is -0.493 e. The second-order valence-electron chi connectivity index (χ2n) is 10.7. The summed E-state index contributed by atoms with van der Waals surface area (Å²) in [6.45, 7) is 3.49. The zero-order valence-corrected chi connectivity index (χ0v) is 23.8. The number of hydrogen-bond donors (Lipinski definition) is 1. The van der Waals surface area contributed by atoms with Gasteiger partial charge in [-0.25, -0.2) is 13.6 Å². The predicted molar refractivity (Wildman–Crippen MR) is 157 cm³/mol. The van der Waals surface area contributed by atoms with Gasteiger partial charge in [0.05, 0.1) is 24.4 Å². The number of ether oxygens (including phenoxy) is 2. The third kappa shape index (κ3) is 4.81. The molecule has 1 aliphatic heterocycles. The van der Waals surface area contributed by atoms with Crippen molar-refractivity contribution >= 4 is 27.6 Å². The van der Waals surface area contributed by atoms with Crippen molar-refractivity contribution in [1.29, 1.82) is 0 Å². The van der Waals surface area contributed by atoms with Gasteiger partial charge >= 0.3 is 5.97 Å². The van der Waals surface area contributed by atoms with Crippen LogP contribution in [0.4, 0.5) is 8.78 Å². The van der Waals surface area contributed by atoms with Gasteiger partial charge in [-0.1, -0.05) is 31.2 Å². The number of aromatic carboxylic acids is 1. The lowest BCUT2D eigenvalue weighted by Gasteiger charge is -2.13. The molecule has 7 nitrogen and oxygen atoms in total. The Labute approximate surface area is 242 Å². The summed E-state index contributed by atoms with van der Waals surface area (Å²) >= 11 is 0. The van der Waals surface area contributed by atoms with Crippen LogP contribution in [-0.4, -0.2) is 38.6 Å². The van der Waals surface area contributed by atoms with Crippen LogP contribution < -0.4 is 4.74 Å². The van der Waals surface area contributed by atoms with Crippen LogP contribution in [0, 0.1) is 11.6 Å². The summed E-state index contributed by atoms with van der Waals surface area (Å²) in [5.41, 5.74) is 3.98. The Morgan fingerprint density at radius 1 is 1.02 bits per heavy atom. The van der Waals surface area contributed by atoms with E-state index in [1.165, 1.54) is 12.1 Å². The van der Waals surface area contributed by atoms with Gasteiger partial charge < -0.3 is 19.1 Å². The van der Waals surface area contributed by atoms with E-state index in [1.54, 1.807) is 33.5 Å². The zero-order valence-electron chi connectivity index (χ0n) is 23.8. The van der Waals surface area contributed by atoms with E-state index in [0.717, 1.165) is 12.1 Å². The molecule has 9 heteroatoms. The van der Waals surface area contributed by atoms with Crippen LogP contribution in [0.1, 0.15) is 53.6 Å². The lowest BCUT2D eigenvalue weighted by Crippen LogP contribution is -2.12. The summed E-state index contributed by atoms with van der Waals surface area (Å²) in [5.74, 6) is -1.20. The summed E-state index contributed by atoms with van der Waals surface area (Å²) in [4.78, 5) is 12.8. The van der Waals surface area contributed by atoms with E-state index < -0.39 is 11.8 Å². The van der Waals surface area contributed by atoms with Crippen LogP contribution in [0.25, 0.3) is 32.8 Å². The molecule has 3 aromatic carbocycles. The van der Waals surface area contributed by atoms with Crippen molar-refractivity contribution in [3.05, 3.63) is 82.8 Å². The Kier molecular flexibility index (Phi) is 7.68. The number of rotatable bonds is 7. The van der Waals surface area contributed by atoms with Crippen LogP contribution in [0.3, 0.4) is 0 Å². The van der Waals surface area contributed by atoms with E-state index in [9.17, 15) is 14.3 Å². The van der Waals surface area contributed by atoms with Crippen molar-refractivity contribution in [2.75, 3.05) is 13.2 Å². The molecule has 0 fully saturated rings. The molecular formula is C33H33F2N3O4. The highest BCUT2D eigenvalue weighted by atomic mass is 19.1. The first kappa shape index (κ1) is 27.9. The number of nitrogens with zero attached hydrogens (tertiary/aromatic N) is 3. The Bertz CT molecular complexity index is 1810. The second kappa shape index (κ2) is 11.6. The maximum Gasteiger partial charge on any atom is 0.352 e. The molecule has 1 aliphatic rings. The van der Waals surface area contributed by atoms with Crippen LogP contribution in [-0.2, 0) is 37.8 Å². The molecule has 3 heterocycles. The summed E-state index contributed by atoms with van der Waals surface area (Å²) in [7, 11) is 1.84. The Balaban J connectivity index is 1.43. The molecule has 2 aromatic heterocycles. The second-order valence-corrected chi connectivity index (χ2v) is 10.7. The van der Waals surface area contributed by atoms with Crippen LogP contribution >= 0.6 is 0 Å². The number of aryl methyl sites for hydroxylation is 3. The third-order valence-corrected chi connectivity index (χ3v) is 8.12. The fourth-order valence-corrected chi connectivity index (χ4v) is 6.30. The van der Waals surface area contributed by atoms with Crippen molar-refractivity contribution in [2.24, 2.45) is 7.05 Å². The van der Waals surface area contributed by atoms with Crippen molar-refractivity contribution in [2.45, 2.75) is 52.2 Å². The molecule has 0 saturated carbocycles. The minimum atomic E-state index is -1.05. The molecular weight excluding hydrogens is 540 g/mol. The van der Waals surface area contributed by atoms with E-state index in [0.29, 0.717) is 95.3 Å². The van der Waals surface area contributed by atoms with Crippen molar-refractivity contribution < 1.29 is 28.2 Å². The van der Waals surface area contributed by atoms with E-state index in [-0.39, 0.29) is 18.1 Å². The number of aromatic nitrogens is 3. The minimum absolute atomic E-state index is 0.174. The Morgan fingerprint density at radius 3 is 2.60 bits per heavy atom. The molecule has 0 spiro atoms. The highest BCUT2D eigenvalue weighted by molar-refractivity contribution is 6.04. The summed E-state index contributed by atoms with van der Waals surface area (Å²) in [6, 6.07) is 13.3. The smallest absolute Gasteiger partial charge is 0.352 e. The molecule has 0 unspecified atom stereocenters. The summed E-state index contributed by atoms with van der Waals surface area (Å²) < 4.78 is 45.7. The first-order valence-corrected chi connectivity index (χ1v) is 14.4. The molecule has 0 amide bonds.